The third-order valence-electron chi connectivity index (χ3n) is 2.93. The lowest BCUT2D eigenvalue weighted by Gasteiger charge is -2.18. The van der Waals surface area contributed by atoms with Crippen molar-refractivity contribution in [3.63, 3.8) is 0 Å². The van der Waals surface area contributed by atoms with E-state index in [4.69, 9.17) is 0 Å². The Hall–Kier alpha value is -0.290. The van der Waals surface area contributed by atoms with Crippen LogP contribution < -0.4 is 10.6 Å². The van der Waals surface area contributed by atoms with Crippen LogP contribution in [0.5, 0.6) is 0 Å². The van der Waals surface area contributed by atoms with Gasteiger partial charge in [-0.15, -0.1) is 0 Å². The van der Waals surface area contributed by atoms with E-state index in [1.54, 1.807) is 0 Å². The third-order valence-corrected chi connectivity index (χ3v) is 2.93. The lowest BCUT2D eigenvalue weighted by atomic mass is 10.1. The molecule has 0 aromatic rings. The van der Waals surface area contributed by atoms with Gasteiger partial charge in [-0.3, -0.25) is 0 Å². The number of hydrogen-bond acceptors (Lipinski definition) is 2. The summed E-state index contributed by atoms with van der Waals surface area (Å²) < 4.78 is 35.6. The van der Waals surface area contributed by atoms with E-state index in [9.17, 15) is 13.2 Å². The molecule has 16 heavy (non-hydrogen) atoms. The average molecular weight is 238 g/mol. The molecule has 1 rings (SSSR count). The molecular weight excluding hydrogens is 217 g/mol. The molecule has 1 fully saturated rings. The Bertz CT molecular complexity index is 188. The number of nitrogens with one attached hydrogen (secondary N) is 2. The van der Waals surface area contributed by atoms with Crippen LogP contribution in [-0.4, -0.2) is 31.3 Å². The van der Waals surface area contributed by atoms with Crippen molar-refractivity contribution in [2.24, 2.45) is 0 Å². The number of hydrogen-bond donors (Lipinski definition) is 2. The Morgan fingerprint density at radius 2 is 2.19 bits per heavy atom. The van der Waals surface area contributed by atoms with E-state index in [0.29, 0.717) is 18.6 Å². The van der Waals surface area contributed by atoms with Gasteiger partial charge in [-0.2, -0.15) is 13.2 Å². The molecule has 0 radical (unpaired) electrons. The SMILES string of the molecule is CC(CC1CCCN1)NCCCC(F)(F)F. The highest BCUT2D eigenvalue weighted by Crippen LogP contribution is 2.20. The fourth-order valence-electron chi connectivity index (χ4n) is 2.11. The smallest absolute Gasteiger partial charge is 0.314 e. The average Bonchev–Trinajstić information content (AvgIpc) is 2.63. The molecule has 5 heteroatoms. The molecule has 0 bridgehead atoms. The van der Waals surface area contributed by atoms with Crippen LogP contribution in [0.25, 0.3) is 0 Å². The Balaban J connectivity index is 1.99. The highest BCUT2D eigenvalue weighted by Gasteiger charge is 2.26. The van der Waals surface area contributed by atoms with Gasteiger partial charge >= 0.3 is 6.18 Å². The van der Waals surface area contributed by atoms with Crippen LogP contribution in [0.3, 0.4) is 0 Å². The van der Waals surface area contributed by atoms with Crippen molar-refractivity contribution >= 4 is 0 Å². The quantitative estimate of drug-likeness (QED) is 0.695. The third kappa shape index (κ3) is 6.33. The van der Waals surface area contributed by atoms with E-state index in [0.717, 1.165) is 13.0 Å². The van der Waals surface area contributed by atoms with Gasteiger partial charge in [-0.05, 0) is 45.7 Å². The van der Waals surface area contributed by atoms with Gasteiger partial charge in [0.15, 0.2) is 0 Å². The molecule has 1 aliphatic heterocycles. The molecule has 2 atom stereocenters. The highest BCUT2D eigenvalue weighted by molar-refractivity contribution is 4.78. The molecule has 0 amide bonds. The second-order valence-electron chi connectivity index (χ2n) is 4.60. The summed E-state index contributed by atoms with van der Waals surface area (Å²) in [5.74, 6) is 0. The maximum absolute atomic E-state index is 11.9. The molecule has 1 saturated heterocycles. The van der Waals surface area contributed by atoms with Crippen LogP contribution in [0.1, 0.15) is 39.0 Å². The fourth-order valence-corrected chi connectivity index (χ4v) is 2.11. The lowest BCUT2D eigenvalue weighted by molar-refractivity contribution is -0.135. The Morgan fingerprint density at radius 1 is 1.44 bits per heavy atom. The summed E-state index contributed by atoms with van der Waals surface area (Å²) in [7, 11) is 0. The molecule has 2 N–H and O–H groups in total. The Morgan fingerprint density at radius 3 is 2.75 bits per heavy atom. The van der Waals surface area contributed by atoms with E-state index in [2.05, 4.69) is 10.6 Å². The molecule has 0 aromatic carbocycles. The first-order valence-corrected chi connectivity index (χ1v) is 6.01. The second kappa shape index (κ2) is 6.45. The second-order valence-corrected chi connectivity index (χ2v) is 4.60. The van der Waals surface area contributed by atoms with Gasteiger partial charge < -0.3 is 10.6 Å². The Labute approximate surface area is 95.0 Å². The molecule has 2 unspecified atom stereocenters. The lowest BCUT2D eigenvalue weighted by Crippen LogP contribution is -2.34. The maximum atomic E-state index is 11.9. The Kier molecular flexibility index (Phi) is 5.55. The summed E-state index contributed by atoms with van der Waals surface area (Å²) in [5, 5.41) is 6.52. The first-order valence-electron chi connectivity index (χ1n) is 6.01. The number of alkyl halides is 3. The molecule has 0 aromatic heterocycles. The van der Waals surface area contributed by atoms with Gasteiger partial charge in [0.05, 0.1) is 0 Å². The van der Waals surface area contributed by atoms with Crippen molar-refractivity contribution in [1.29, 1.82) is 0 Å². The van der Waals surface area contributed by atoms with Gasteiger partial charge in [0.2, 0.25) is 0 Å². The summed E-state index contributed by atoms with van der Waals surface area (Å²) in [6, 6.07) is 0.842. The zero-order chi connectivity index (χ0) is 12.0. The van der Waals surface area contributed by atoms with Crippen LogP contribution in [-0.2, 0) is 0 Å². The van der Waals surface area contributed by atoms with E-state index in [1.807, 2.05) is 6.92 Å². The minimum absolute atomic E-state index is 0.173. The van der Waals surface area contributed by atoms with Crippen molar-refractivity contribution in [1.82, 2.24) is 10.6 Å². The summed E-state index contributed by atoms with van der Waals surface area (Å²) in [6.45, 7) is 3.56. The zero-order valence-electron chi connectivity index (χ0n) is 9.74. The zero-order valence-corrected chi connectivity index (χ0v) is 9.74. The number of halogens is 3. The van der Waals surface area contributed by atoms with Crippen LogP contribution in [0.15, 0.2) is 0 Å². The minimum atomic E-state index is -4.02. The van der Waals surface area contributed by atoms with Crippen molar-refractivity contribution in [3.05, 3.63) is 0 Å². The van der Waals surface area contributed by atoms with Gasteiger partial charge in [0.25, 0.3) is 0 Å². The molecule has 0 saturated carbocycles. The summed E-state index contributed by atoms with van der Waals surface area (Å²) in [6.07, 6.45) is -1.12. The minimum Gasteiger partial charge on any atom is -0.314 e. The number of rotatable bonds is 6. The van der Waals surface area contributed by atoms with E-state index in [1.165, 1.54) is 12.8 Å². The standard InChI is InChI=1S/C11H21F3N2/c1-9(8-10-4-2-6-16-10)15-7-3-5-11(12,13)14/h9-10,15-16H,2-8H2,1H3. The summed E-state index contributed by atoms with van der Waals surface area (Å²) in [4.78, 5) is 0. The van der Waals surface area contributed by atoms with Gasteiger partial charge in [-0.1, -0.05) is 0 Å². The summed E-state index contributed by atoms with van der Waals surface area (Å²) in [5.41, 5.74) is 0. The monoisotopic (exact) mass is 238 g/mol. The van der Waals surface area contributed by atoms with Gasteiger partial charge in [0, 0.05) is 18.5 Å². The molecule has 0 spiro atoms. The molecule has 96 valence electrons. The van der Waals surface area contributed by atoms with Crippen LogP contribution in [0.2, 0.25) is 0 Å². The van der Waals surface area contributed by atoms with Crippen molar-refractivity contribution < 1.29 is 13.2 Å². The normalized spacial score (nSPS) is 23.6. The predicted molar refractivity (Wildman–Crippen MR) is 58.4 cm³/mol. The first-order chi connectivity index (χ1) is 7.47. The molecule has 1 heterocycles. The molecule has 1 aliphatic rings. The highest BCUT2D eigenvalue weighted by atomic mass is 19.4. The maximum Gasteiger partial charge on any atom is 0.389 e. The molecular formula is C11H21F3N2. The van der Waals surface area contributed by atoms with Gasteiger partial charge in [-0.25, -0.2) is 0 Å². The van der Waals surface area contributed by atoms with E-state index in [-0.39, 0.29) is 6.42 Å². The van der Waals surface area contributed by atoms with E-state index >= 15 is 0 Å². The predicted octanol–water partition coefficient (Wildman–Crippen LogP) is 2.45. The van der Waals surface area contributed by atoms with Crippen molar-refractivity contribution in [3.8, 4) is 0 Å². The van der Waals surface area contributed by atoms with Crippen molar-refractivity contribution in [2.75, 3.05) is 13.1 Å². The van der Waals surface area contributed by atoms with Crippen LogP contribution in [0, 0.1) is 0 Å². The van der Waals surface area contributed by atoms with Crippen LogP contribution >= 0.6 is 0 Å². The first kappa shape index (κ1) is 13.8. The van der Waals surface area contributed by atoms with Crippen LogP contribution in [0.4, 0.5) is 13.2 Å². The fraction of sp³-hybridized carbons (Fsp3) is 1.00. The topological polar surface area (TPSA) is 24.1 Å². The van der Waals surface area contributed by atoms with E-state index < -0.39 is 12.6 Å². The summed E-state index contributed by atoms with van der Waals surface area (Å²) >= 11 is 0. The largest absolute Gasteiger partial charge is 0.389 e. The van der Waals surface area contributed by atoms with Crippen molar-refractivity contribution in [2.45, 2.75) is 57.3 Å². The molecule has 2 nitrogen and oxygen atoms in total. The van der Waals surface area contributed by atoms with Gasteiger partial charge in [0.1, 0.15) is 0 Å². The molecule has 0 aliphatic carbocycles.